The van der Waals surface area contributed by atoms with Crippen LogP contribution in [-0.4, -0.2) is 22.0 Å². The van der Waals surface area contributed by atoms with Crippen LogP contribution in [-0.2, 0) is 9.59 Å². The molecule has 1 aliphatic rings. The number of carboxylic acids is 1. The second kappa shape index (κ2) is 7.66. The van der Waals surface area contributed by atoms with Gasteiger partial charge in [0.15, 0.2) is 0 Å². The van der Waals surface area contributed by atoms with E-state index in [1.54, 1.807) is 5.01 Å². The van der Waals surface area contributed by atoms with Crippen LogP contribution in [0.15, 0.2) is 66.7 Å². The first-order valence-corrected chi connectivity index (χ1v) is 8.28. The van der Waals surface area contributed by atoms with Gasteiger partial charge in [0.2, 0.25) is 5.91 Å². The highest BCUT2D eigenvalue weighted by Crippen LogP contribution is 2.31. The summed E-state index contributed by atoms with van der Waals surface area (Å²) in [5, 5.41) is 10.4. The lowest BCUT2D eigenvalue weighted by atomic mass is 10.0. The average Bonchev–Trinajstić information content (AvgIpc) is 3.08. The summed E-state index contributed by atoms with van der Waals surface area (Å²) in [4.78, 5) is 23.3. The average molecular weight is 336 g/mol. The van der Waals surface area contributed by atoms with Gasteiger partial charge in [0.25, 0.3) is 0 Å². The fourth-order valence-electron chi connectivity index (χ4n) is 2.87. The number of hydrogen-bond donors (Lipinski definition) is 2. The Morgan fingerprint density at radius 1 is 0.960 bits per heavy atom. The van der Waals surface area contributed by atoms with Gasteiger partial charge in [-0.05, 0) is 23.6 Å². The van der Waals surface area contributed by atoms with Crippen LogP contribution >= 0.6 is 0 Å². The first kappa shape index (κ1) is 16.8. The molecule has 0 aliphatic carbocycles. The molecule has 0 saturated heterocycles. The van der Waals surface area contributed by atoms with Gasteiger partial charge < -0.3 is 5.11 Å². The van der Waals surface area contributed by atoms with Gasteiger partial charge in [-0.2, -0.15) is 0 Å². The topological polar surface area (TPSA) is 69.6 Å². The molecule has 2 aromatic carbocycles. The molecule has 1 heterocycles. The van der Waals surface area contributed by atoms with Crippen molar-refractivity contribution in [1.29, 1.82) is 0 Å². The van der Waals surface area contributed by atoms with E-state index in [0.717, 1.165) is 16.8 Å². The molecule has 1 aliphatic heterocycles. The summed E-state index contributed by atoms with van der Waals surface area (Å²) in [5.74, 6) is -0.998. The van der Waals surface area contributed by atoms with Crippen molar-refractivity contribution >= 4 is 17.6 Å². The summed E-state index contributed by atoms with van der Waals surface area (Å²) < 4.78 is 0. The molecule has 2 aromatic rings. The standard InChI is InChI=1S/C20H20N2O3/c23-19(12-7-13-20(24)25)22-18(16-10-5-2-6-11-16)14-17(21-22)15-8-3-1-4-9-15/h1-6,8-11,14,18,21H,7,12-13H2,(H,24,25)/t18-/m0/s1. The SMILES string of the molecule is O=C(O)CCCC(=O)N1NC(c2ccccc2)=C[C@H]1c1ccccc1. The number of amides is 1. The number of carbonyl (C=O) groups is 2. The maximum absolute atomic E-state index is 12.6. The van der Waals surface area contributed by atoms with E-state index >= 15 is 0 Å². The molecular weight excluding hydrogens is 316 g/mol. The Morgan fingerprint density at radius 2 is 1.60 bits per heavy atom. The fourth-order valence-corrected chi connectivity index (χ4v) is 2.87. The van der Waals surface area contributed by atoms with E-state index in [9.17, 15) is 9.59 Å². The van der Waals surface area contributed by atoms with Crippen LogP contribution in [0.5, 0.6) is 0 Å². The minimum atomic E-state index is -0.884. The van der Waals surface area contributed by atoms with Gasteiger partial charge in [-0.1, -0.05) is 60.7 Å². The number of benzene rings is 2. The molecule has 0 radical (unpaired) electrons. The van der Waals surface area contributed by atoms with Gasteiger partial charge in [-0.25, -0.2) is 5.01 Å². The Balaban J connectivity index is 1.81. The Hall–Kier alpha value is -3.08. The third-order valence-electron chi connectivity index (χ3n) is 4.12. The minimum Gasteiger partial charge on any atom is -0.481 e. The summed E-state index contributed by atoms with van der Waals surface area (Å²) in [6.45, 7) is 0. The van der Waals surface area contributed by atoms with Crippen LogP contribution in [0.2, 0.25) is 0 Å². The molecule has 0 saturated carbocycles. The molecule has 3 rings (SSSR count). The summed E-state index contributed by atoms with van der Waals surface area (Å²) in [7, 11) is 0. The number of hydrazine groups is 1. The second-order valence-electron chi connectivity index (χ2n) is 5.92. The van der Waals surface area contributed by atoms with Gasteiger partial charge >= 0.3 is 5.97 Å². The molecule has 0 unspecified atom stereocenters. The van der Waals surface area contributed by atoms with Crippen molar-refractivity contribution in [2.45, 2.75) is 25.3 Å². The van der Waals surface area contributed by atoms with E-state index in [1.807, 2.05) is 66.7 Å². The monoisotopic (exact) mass is 336 g/mol. The molecule has 0 fully saturated rings. The Bertz CT molecular complexity index is 772. The van der Waals surface area contributed by atoms with Crippen molar-refractivity contribution in [3.05, 3.63) is 77.9 Å². The van der Waals surface area contributed by atoms with E-state index in [-0.39, 0.29) is 24.8 Å². The van der Waals surface area contributed by atoms with Crippen LogP contribution in [0.4, 0.5) is 0 Å². The molecule has 0 aromatic heterocycles. The zero-order valence-corrected chi connectivity index (χ0v) is 13.8. The second-order valence-corrected chi connectivity index (χ2v) is 5.92. The molecule has 1 amide bonds. The molecular formula is C20H20N2O3. The largest absolute Gasteiger partial charge is 0.481 e. The first-order valence-electron chi connectivity index (χ1n) is 8.28. The molecule has 5 nitrogen and oxygen atoms in total. The molecule has 5 heteroatoms. The minimum absolute atomic E-state index is 0.00540. The molecule has 0 spiro atoms. The maximum Gasteiger partial charge on any atom is 0.303 e. The van der Waals surface area contributed by atoms with Gasteiger partial charge in [-0.3, -0.25) is 15.0 Å². The van der Waals surface area contributed by atoms with Crippen LogP contribution in [0.1, 0.15) is 36.4 Å². The maximum atomic E-state index is 12.6. The van der Waals surface area contributed by atoms with Crippen LogP contribution in [0, 0.1) is 0 Å². The van der Waals surface area contributed by atoms with E-state index in [2.05, 4.69) is 5.43 Å². The van der Waals surface area contributed by atoms with Crippen LogP contribution < -0.4 is 5.43 Å². The number of nitrogens with one attached hydrogen (secondary N) is 1. The van der Waals surface area contributed by atoms with Gasteiger partial charge in [0.05, 0.1) is 11.7 Å². The Kier molecular flexibility index (Phi) is 5.14. The zero-order chi connectivity index (χ0) is 17.6. The van der Waals surface area contributed by atoms with Crippen molar-refractivity contribution in [1.82, 2.24) is 10.4 Å². The van der Waals surface area contributed by atoms with E-state index in [1.165, 1.54) is 0 Å². The number of aliphatic carboxylic acids is 1. The predicted molar refractivity (Wildman–Crippen MR) is 95.1 cm³/mol. The lowest BCUT2D eigenvalue weighted by Gasteiger charge is -2.25. The highest BCUT2D eigenvalue weighted by Gasteiger charge is 2.30. The summed E-state index contributed by atoms with van der Waals surface area (Å²) >= 11 is 0. The van der Waals surface area contributed by atoms with Crippen molar-refractivity contribution in [3.63, 3.8) is 0 Å². The molecule has 128 valence electrons. The number of hydrogen-bond acceptors (Lipinski definition) is 3. The molecule has 0 bridgehead atoms. The van der Waals surface area contributed by atoms with Crippen LogP contribution in [0.3, 0.4) is 0 Å². The van der Waals surface area contributed by atoms with E-state index in [0.29, 0.717) is 6.42 Å². The lowest BCUT2D eigenvalue weighted by Crippen LogP contribution is -2.39. The Morgan fingerprint density at radius 3 is 2.24 bits per heavy atom. The Labute approximate surface area is 146 Å². The highest BCUT2D eigenvalue weighted by atomic mass is 16.4. The predicted octanol–water partition coefficient (Wildman–Crippen LogP) is 3.37. The summed E-state index contributed by atoms with van der Waals surface area (Å²) in [5.41, 5.74) is 6.08. The molecule has 2 N–H and O–H groups in total. The number of carbonyl (C=O) groups excluding carboxylic acids is 1. The van der Waals surface area contributed by atoms with Crippen LogP contribution in [0.25, 0.3) is 5.70 Å². The highest BCUT2D eigenvalue weighted by molar-refractivity contribution is 5.81. The zero-order valence-electron chi connectivity index (χ0n) is 13.8. The smallest absolute Gasteiger partial charge is 0.303 e. The number of nitrogens with zero attached hydrogens (tertiary/aromatic N) is 1. The molecule has 25 heavy (non-hydrogen) atoms. The van der Waals surface area contributed by atoms with E-state index in [4.69, 9.17) is 5.11 Å². The lowest BCUT2D eigenvalue weighted by molar-refractivity contribution is -0.137. The number of rotatable bonds is 6. The van der Waals surface area contributed by atoms with Crippen molar-refractivity contribution in [2.24, 2.45) is 0 Å². The number of carboxylic acid groups (broad SMARTS) is 1. The third-order valence-corrected chi connectivity index (χ3v) is 4.12. The molecule has 1 atom stereocenters. The summed E-state index contributed by atoms with van der Waals surface area (Å²) in [6, 6.07) is 19.4. The summed E-state index contributed by atoms with van der Waals surface area (Å²) in [6.07, 6.45) is 2.54. The van der Waals surface area contributed by atoms with Gasteiger partial charge in [0, 0.05) is 12.8 Å². The van der Waals surface area contributed by atoms with Gasteiger partial charge in [-0.15, -0.1) is 0 Å². The quantitative estimate of drug-likeness (QED) is 0.848. The first-order chi connectivity index (χ1) is 12.1. The van der Waals surface area contributed by atoms with Crippen molar-refractivity contribution in [2.75, 3.05) is 0 Å². The third kappa shape index (κ3) is 4.07. The van der Waals surface area contributed by atoms with E-state index < -0.39 is 5.97 Å². The van der Waals surface area contributed by atoms with Crippen molar-refractivity contribution in [3.8, 4) is 0 Å². The van der Waals surface area contributed by atoms with Crippen molar-refractivity contribution < 1.29 is 14.7 Å². The fraction of sp³-hybridized carbons (Fsp3) is 0.200. The normalized spacial score (nSPS) is 16.2. The van der Waals surface area contributed by atoms with Gasteiger partial charge in [0.1, 0.15) is 0 Å².